The molecule has 3 nitrogen and oxygen atoms in total. The van der Waals surface area contributed by atoms with Crippen LogP contribution in [0.3, 0.4) is 0 Å². The molecule has 0 fully saturated rings. The van der Waals surface area contributed by atoms with Gasteiger partial charge in [-0.3, -0.25) is 0 Å². The van der Waals surface area contributed by atoms with Crippen LogP contribution in [0.15, 0.2) is 5.38 Å². The third-order valence-electron chi connectivity index (χ3n) is 1.99. The third kappa shape index (κ3) is 4.43. The fraction of sp³-hybridized carbons (Fsp3) is 0.545. The van der Waals surface area contributed by atoms with Crippen LogP contribution in [0, 0.1) is 19.3 Å². The Kier molecular flexibility index (Phi) is 5.33. The van der Waals surface area contributed by atoms with E-state index in [1.165, 1.54) is 0 Å². The number of terminal acetylenes is 1. The predicted molar refractivity (Wildman–Crippen MR) is 65.0 cm³/mol. The summed E-state index contributed by atoms with van der Waals surface area (Å²) in [5.74, 6) is 2.54. The van der Waals surface area contributed by atoms with Crippen molar-refractivity contribution in [2.24, 2.45) is 0 Å². The second-order valence-corrected chi connectivity index (χ2v) is 4.27. The molecule has 0 saturated heterocycles. The van der Waals surface area contributed by atoms with E-state index in [-0.39, 0.29) is 0 Å². The maximum atomic E-state index is 5.12. The van der Waals surface area contributed by atoms with E-state index in [4.69, 9.17) is 6.42 Å². The van der Waals surface area contributed by atoms with Crippen molar-refractivity contribution in [3.63, 3.8) is 0 Å². The van der Waals surface area contributed by atoms with Crippen molar-refractivity contribution in [1.29, 1.82) is 0 Å². The van der Waals surface area contributed by atoms with E-state index in [2.05, 4.69) is 33.8 Å². The van der Waals surface area contributed by atoms with Gasteiger partial charge in [-0.25, -0.2) is 4.98 Å². The van der Waals surface area contributed by atoms with Gasteiger partial charge in [-0.1, -0.05) is 5.92 Å². The first-order valence-electron chi connectivity index (χ1n) is 5.03. The number of nitrogens with zero attached hydrogens (tertiary/aromatic N) is 1. The van der Waals surface area contributed by atoms with Crippen LogP contribution < -0.4 is 10.6 Å². The summed E-state index contributed by atoms with van der Waals surface area (Å²) in [5.41, 5.74) is 1.09. The van der Waals surface area contributed by atoms with Crippen LogP contribution in [0.4, 0.5) is 0 Å². The molecule has 0 aliphatic carbocycles. The molecule has 2 N–H and O–H groups in total. The lowest BCUT2D eigenvalue weighted by atomic mass is 10.3. The minimum atomic E-state index is 0.316. The molecule has 0 aliphatic heterocycles. The molecule has 1 unspecified atom stereocenters. The van der Waals surface area contributed by atoms with Crippen LogP contribution in [0.1, 0.15) is 23.7 Å². The highest BCUT2D eigenvalue weighted by Crippen LogP contribution is 2.16. The lowest BCUT2D eigenvalue weighted by Crippen LogP contribution is -2.29. The summed E-state index contributed by atoms with van der Waals surface area (Å²) < 4.78 is 0. The summed E-state index contributed by atoms with van der Waals surface area (Å²) >= 11 is 1.70. The van der Waals surface area contributed by atoms with Crippen molar-refractivity contribution in [1.82, 2.24) is 15.6 Å². The Morgan fingerprint density at radius 3 is 3.00 bits per heavy atom. The maximum absolute atomic E-state index is 5.12. The van der Waals surface area contributed by atoms with E-state index in [0.29, 0.717) is 12.6 Å². The fourth-order valence-corrected chi connectivity index (χ4v) is 2.02. The predicted octanol–water partition coefficient (Wildman–Crippen LogP) is 1.32. The van der Waals surface area contributed by atoms with Gasteiger partial charge >= 0.3 is 0 Å². The van der Waals surface area contributed by atoms with Gasteiger partial charge in [0.1, 0.15) is 5.01 Å². The average molecular weight is 223 g/mol. The number of hydrogen-bond donors (Lipinski definition) is 2. The highest BCUT2D eigenvalue weighted by atomic mass is 32.1. The standard InChI is InChI=1S/C11H17N3S/c1-4-5-12-6-7-13-10(3)11-14-9(2)8-15-11/h1,8,10,12-13H,5-7H2,2-3H3. The van der Waals surface area contributed by atoms with Crippen LogP contribution in [-0.4, -0.2) is 24.6 Å². The number of nitrogens with one attached hydrogen (secondary N) is 2. The van der Waals surface area contributed by atoms with Crippen molar-refractivity contribution in [2.75, 3.05) is 19.6 Å². The monoisotopic (exact) mass is 223 g/mol. The third-order valence-corrected chi connectivity index (χ3v) is 3.13. The molecule has 0 aromatic carbocycles. The van der Waals surface area contributed by atoms with Crippen molar-refractivity contribution in [3.8, 4) is 12.3 Å². The van der Waals surface area contributed by atoms with Crippen molar-refractivity contribution >= 4 is 11.3 Å². The Balaban J connectivity index is 2.19. The van der Waals surface area contributed by atoms with Crippen LogP contribution in [-0.2, 0) is 0 Å². The molecule has 1 heterocycles. The first-order chi connectivity index (χ1) is 7.24. The molecule has 0 aliphatic rings. The van der Waals surface area contributed by atoms with Gasteiger partial charge < -0.3 is 10.6 Å². The molecule has 0 amide bonds. The summed E-state index contributed by atoms with van der Waals surface area (Å²) in [6.45, 7) is 6.56. The highest BCUT2D eigenvalue weighted by molar-refractivity contribution is 7.09. The zero-order valence-electron chi connectivity index (χ0n) is 9.21. The van der Waals surface area contributed by atoms with E-state index >= 15 is 0 Å². The maximum Gasteiger partial charge on any atom is 0.110 e. The zero-order valence-corrected chi connectivity index (χ0v) is 10.0. The minimum Gasteiger partial charge on any atom is -0.307 e. The summed E-state index contributed by atoms with van der Waals surface area (Å²) in [6, 6.07) is 0.316. The molecular formula is C11H17N3S. The van der Waals surface area contributed by atoms with E-state index in [0.717, 1.165) is 23.8 Å². The Morgan fingerprint density at radius 1 is 1.60 bits per heavy atom. The lowest BCUT2D eigenvalue weighted by Gasteiger charge is -2.10. The van der Waals surface area contributed by atoms with Gasteiger partial charge in [0.25, 0.3) is 0 Å². The minimum absolute atomic E-state index is 0.316. The first-order valence-corrected chi connectivity index (χ1v) is 5.91. The molecule has 82 valence electrons. The summed E-state index contributed by atoms with van der Waals surface area (Å²) in [6.07, 6.45) is 5.12. The van der Waals surface area contributed by atoms with Crippen LogP contribution in [0.25, 0.3) is 0 Å². The second kappa shape index (κ2) is 6.57. The van der Waals surface area contributed by atoms with E-state index in [1.54, 1.807) is 11.3 Å². The molecule has 4 heteroatoms. The van der Waals surface area contributed by atoms with Crippen molar-refractivity contribution in [2.45, 2.75) is 19.9 Å². The molecule has 0 spiro atoms. The molecule has 1 aromatic heterocycles. The quantitative estimate of drug-likeness (QED) is 0.564. The van der Waals surface area contributed by atoms with E-state index in [1.807, 2.05) is 6.92 Å². The zero-order chi connectivity index (χ0) is 11.1. The number of aromatic nitrogens is 1. The highest BCUT2D eigenvalue weighted by Gasteiger charge is 2.07. The van der Waals surface area contributed by atoms with Crippen LogP contribution in [0.2, 0.25) is 0 Å². The second-order valence-electron chi connectivity index (χ2n) is 3.38. The van der Waals surface area contributed by atoms with Gasteiger partial charge in [0.05, 0.1) is 12.6 Å². The van der Waals surface area contributed by atoms with Gasteiger partial charge in [0.15, 0.2) is 0 Å². The normalized spacial score (nSPS) is 12.3. The van der Waals surface area contributed by atoms with E-state index in [9.17, 15) is 0 Å². The summed E-state index contributed by atoms with van der Waals surface area (Å²) in [4.78, 5) is 4.43. The fourth-order valence-electron chi connectivity index (χ4n) is 1.20. The van der Waals surface area contributed by atoms with Crippen LogP contribution >= 0.6 is 11.3 Å². The van der Waals surface area contributed by atoms with Crippen molar-refractivity contribution < 1.29 is 0 Å². The van der Waals surface area contributed by atoms with Gasteiger partial charge in [-0.15, -0.1) is 17.8 Å². The molecule has 0 bridgehead atoms. The number of aryl methyl sites for hydroxylation is 1. The Hall–Kier alpha value is -0.890. The number of rotatable bonds is 6. The van der Waals surface area contributed by atoms with Crippen molar-refractivity contribution in [3.05, 3.63) is 16.1 Å². The smallest absolute Gasteiger partial charge is 0.110 e. The first kappa shape index (κ1) is 12.2. The number of hydrogen-bond acceptors (Lipinski definition) is 4. The molecule has 1 aromatic rings. The summed E-state index contributed by atoms with van der Waals surface area (Å²) in [7, 11) is 0. The van der Waals surface area contributed by atoms with Gasteiger partial charge in [-0.2, -0.15) is 0 Å². The molecule has 0 saturated carbocycles. The summed E-state index contributed by atoms with van der Waals surface area (Å²) in [5, 5.41) is 9.74. The molecular weight excluding hydrogens is 206 g/mol. The van der Waals surface area contributed by atoms with Gasteiger partial charge in [0, 0.05) is 24.2 Å². The average Bonchev–Trinajstić information content (AvgIpc) is 2.64. The Labute approximate surface area is 95.3 Å². The SMILES string of the molecule is C#CCNCCNC(C)c1nc(C)cs1. The molecule has 1 rings (SSSR count). The molecule has 15 heavy (non-hydrogen) atoms. The molecule has 0 radical (unpaired) electrons. The largest absolute Gasteiger partial charge is 0.307 e. The van der Waals surface area contributed by atoms with Crippen LogP contribution in [0.5, 0.6) is 0 Å². The Morgan fingerprint density at radius 2 is 2.40 bits per heavy atom. The van der Waals surface area contributed by atoms with Gasteiger partial charge in [0.2, 0.25) is 0 Å². The Bertz CT molecular complexity index is 327. The number of thiazole rings is 1. The van der Waals surface area contributed by atoms with Gasteiger partial charge in [-0.05, 0) is 13.8 Å². The lowest BCUT2D eigenvalue weighted by molar-refractivity contribution is 0.554. The topological polar surface area (TPSA) is 37.0 Å². The van der Waals surface area contributed by atoms with E-state index < -0.39 is 0 Å². The molecule has 1 atom stereocenters.